The lowest BCUT2D eigenvalue weighted by Gasteiger charge is -2.10. The van der Waals surface area contributed by atoms with Crippen molar-refractivity contribution in [1.29, 1.82) is 0 Å². The largest absolute Gasteiger partial charge is 0.484 e. The van der Waals surface area contributed by atoms with Crippen LogP contribution < -0.4 is 20.3 Å². The summed E-state index contributed by atoms with van der Waals surface area (Å²) in [5.41, 5.74) is 5.41. The third-order valence-electron chi connectivity index (χ3n) is 3.44. The normalized spacial score (nSPS) is 9.96. The number of hydrazine groups is 1. The summed E-state index contributed by atoms with van der Waals surface area (Å²) in [4.78, 5) is 33.4. The Bertz CT molecular complexity index is 807. The van der Waals surface area contributed by atoms with E-state index in [1.165, 1.54) is 24.3 Å². The number of nitro groups is 1. The highest BCUT2D eigenvalue weighted by Gasteiger charge is 2.08. The van der Waals surface area contributed by atoms with Gasteiger partial charge in [-0.2, -0.15) is 0 Å². The van der Waals surface area contributed by atoms with Crippen LogP contribution in [0.15, 0.2) is 48.5 Å². The van der Waals surface area contributed by atoms with Gasteiger partial charge in [-0.25, -0.2) is 0 Å². The number of non-ortho nitro benzene ring substituents is 1. The van der Waals surface area contributed by atoms with Gasteiger partial charge in [0.2, 0.25) is 0 Å². The van der Waals surface area contributed by atoms with Crippen LogP contribution in [0.25, 0.3) is 0 Å². The van der Waals surface area contributed by atoms with Crippen LogP contribution in [0.3, 0.4) is 0 Å². The number of aryl methyl sites for hydroxylation is 1. The number of nitrogens with zero attached hydrogens (tertiary/aromatic N) is 1. The molecule has 0 saturated carbocycles. The number of carbonyl (C=O) groups excluding carboxylic acids is 2. The molecule has 2 aromatic rings. The van der Waals surface area contributed by atoms with Gasteiger partial charge in [0, 0.05) is 12.1 Å². The number of amides is 2. The second-order valence-electron chi connectivity index (χ2n) is 5.43. The van der Waals surface area contributed by atoms with Crippen molar-refractivity contribution in [3.63, 3.8) is 0 Å². The molecule has 0 saturated heterocycles. The van der Waals surface area contributed by atoms with E-state index in [1.54, 1.807) is 6.07 Å². The number of nitro benzene ring substituents is 1. The molecule has 142 valence electrons. The van der Waals surface area contributed by atoms with E-state index in [0.29, 0.717) is 11.5 Å². The first-order valence-corrected chi connectivity index (χ1v) is 8.14. The second kappa shape index (κ2) is 9.76. The van der Waals surface area contributed by atoms with Gasteiger partial charge in [-0.1, -0.05) is 19.1 Å². The van der Waals surface area contributed by atoms with E-state index in [-0.39, 0.29) is 18.9 Å². The number of benzene rings is 2. The number of nitrogens with one attached hydrogen (secondary N) is 2. The number of rotatable bonds is 8. The van der Waals surface area contributed by atoms with Crippen molar-refractivity contribution in [2.45, 2.75) is 13.3 Å². The maximum atomic E-state index is 11.7. The van der Waals surface area contributed by atoms with Crippen LogP contribution in [0, 0.1) is 10.1 Å². The number of hydrogen-bond donors (Lipinski definition) is 2. The molecule has 2 aromatic carbocycles. The zero-order valence-electron chi connectivity index (χ0n) is 14.6. The molecule has 27 heavy (non-hydrogen) atoms. The first-order valence-electron chi connectivity index (χ1n) is 8.14. The predicted octanol–water partition coefficient (Wildman–Crippen LogP) is 1.76. The molecule has 2 rings (SSSR count). The third kappa shape index (κ3) is 6.65. The molecule has 0 spiro atoms. The Hall–Kier alpha value is -3.62. The summed E-state index contributed by atoms with van der Waals surface area (Å²) in [5, 5.41) is 10.6. The molecule has 9 nitrogen and oxygen atoms in total. The van der Waals surface area contributed by atoms with Crippen LogP contribution >= 0.6 is 0 Å². The Morgan fingerprint density at radius 1 is 0.963 bits per heavy atom. The smallest absolute Gasteiger partial charge is 0.276 e. The Labute approximate surface area is 155 Å². The molecule has 0 radical (unpaired) electrons. The lowest BCUT2D eigenvalue weighted by atomic mass is 10.2. The van der Waals surface area contributed by atoms with Crippen LogP contribution in [0.4, 0.5) is 5.69 Å². The van der Waals surface area contributed by atoms with Crippen molar-refractivity contribution in [2.75, 3.05) is 13.2 Å². The van der Waals surface area contributed by atoms with Gasteiger partial charge in [0.25, 0.3) is 17.5 Å². The summed E-state index contributed by atoms with van der Waals surface area (Å²) < 4.78 is 10.5. The average molecular weight is 373 g/mol. The summed E-state index contributed by atoms with van der Waals surface area (Å²) in [7, 11) is 0. The van der Waals surface area contributed by atoms with E-state index in [2.05, 4.69) is 10.9 Å². The Balaban J connectivity index is 1.68. The van der Waals surface area contributed by atoms with Crippen molar-refractivity contribution < 1.29 is 24.0 Å². The van der Waals surface area contributed by atoms with E-state index in [0.717, 1.165) is 12.0 Å². The topological polar surface area (TPSA) is 120 Å². The molecular formula is C18H19N3O6. The minimum Gasteiger partial charge on any atom is -0.484 e. The van der Waals surface area contributed by atoms with Crippen molar-refractivity contribution in [3.05, 3.63) is 64.2 Å². The number of hydrogen-bond acceptors (Lipinski definition) is 6. The first kappa shape index (κ1) is 19.7. The fourth-order valence-electron chi connectivity index (χ4n) is 2.03. The molecule has 9 heteroatoms. The number of carbonyl (C=O) groups is 2. The molecule has 0 fully saturated rings. The molecule has 2 N–H and O–H groups in total. The molecule has 0 aliphatic carbocycles. The van der Waals surface area contributed by atoms with E-state index >= 15 is 0 Å². The van der Waals surface area contributed by atoms with Gasteiger partial charge in [0.15, 0.2) is 13.2 Å². The molecule has 0 unspecified atom stereocenters. The van der Waals surface area contributed by atoms with Gasteiger partial charge in [0.1, 0.15) is 11.5 Å². The SMILES string of the molecule is CCc1cccc(OCC(=O)NNC(=O)COc2ccc([N+](=O)[O-])cc2)c1. The van der Waals surface area contributed by atoms with Gasteiger partial charge in [-0.05, 0) is 36.2 Å². The summed E-state index contributed by atoms with van der Waals surface area (Å²) in [6, 6.07) is 12.7. The van der Waals surface area contributed by atoms with E-state index in [9.17, 15) is 19.7 Å². The van der Waals surface area contributed by atoms with Crippen molar-refractivity contribution in [1.82, 2.24) is 10.9 Å². The highest BCUT2D eigenvalue weighted by molar-refractivity contribution is 5.83. The number of ether oxygens (including phenoxy) is 2. The van der Waals surface area contributed by atoms with E-state index in [1.807, 2.05) is 25.1 Å². The monoisotopic (exact) mass is 373 g/mol. The third-order valence-corrected chi connectivity index (χ3v) is 3.44. The highest BCUT2D eigenvalue weighted by atomic mass is 16.6. The van der Waals surface area contributed by atoms with Crippen molar-refractivity contribution >= 4 is 17.5 Å². The summed E-state index contributed by atoms with van der Waals surface area (Å²) in [6.45, 7) is 1.40. The zero-order chi connectivity index (χ0) is 19.6. The van der Waals surface area contributed by atoms with Crippen LogP contribution in [0.1, 0.15) is 12.5 Å². The van der Waals surface area contributed by atoms with Gasteiger partial charge in [-0.3, -0.25) is 30.6 Å². The molecule has 0 aromatic heterocycles. The van der Waals surface area contributed by atoms with Gasteiger partial charge >= 0.3 is 0 Å². The Morgan fingerprint density at radius 2 is 1.56 bits per heavy atom. The van der Waals surface area contributed by atoms with Gasteiger partial charge in [0.05, 0.1) is 4.92 Å². The van der Waals surface area contributed by atoms with Crippen LogP contribution in [-0.2, 0) is 16.0 Å². The minimum absolute atomic E-state index is 0.0801. The summed E-state index contributed by atoms with van der Waals surface area (Å²) in [5.74, 6) is -0.256. The molecule has 0 aliphatic rings. The lowest BCUT2D eigenvalue weighted by molar-refractivity contribution is -0.384. The first-order chi connectivity index (χ1) is 13.0. The summed E-state index contributed by atoms with van der Waals surface area (Å²) in [6.07, 6.45) is 0.855. The van der Waals surface area contributed by atoms with Crippen LogP contribution in [0.5, 0.6) is 11.5 Å². The fourth-order valence-corrected chi connectivity index (χ4v) is 2.03. The second-order valence-corrected chi connectivity index (χ2v) is 5.43. The minimum atomic E-state index is -0.588. The quantitative estimate of drug-likeness (QED) is 0.537. The highest BCUT2D eigenvalue weighted by Crippen LogP contribution is 2.17. The van der Waals surface area contributed by atoms with Crippen LogP contribution in [-0.4, -0.2) is 30.0 Å². The molecular weight excluding hydrogens is 354 g/mol. The fraction of sp³-hybridized carbons (Fsp3) is 0.222. The summed E-state index contributed by atoms with van der Waals surface area (Å²) >= 11 is 0. The Kier molecular flexibility index (Phi) is 7.12. The van der Waals surface area contributed by atoms with E-state index in [4.69, 9.17) is 9.47 Å². The van der Waals surface area contributed by atoms with Gasteiger partial charge < -0.3 is 9.47 Å². The predicted molar refractivity (Wildman–Crippen MR) is 96.2 cm³/mol. The average Bonchev–Trinajstić information content (AvgIpc) is 2.69. The Morgan fingerprint density at radius 3 is 2.11 bits per heavy atom. The standard InChI is InChI=1S/C18H19N3O6/c1-2-13-4-3-5-16(10-13)27-12-18(23)20-19-17(22)11-26-15-8-6-14(7-9-15)21(24)25/h3-10H,2,11-12H2,1H3,(H,19,22)(H,20,23). The van der Waals surface area contributed by atoms with Crippen molar-refractivity contribution in [2.24, 2.45) is 0 Å². The molecule has 2 amide bonds. The molecule has 0 aliphatic heterocycles. The van der Waals surface area contributed by atoms with Gasteiger partial charge in [-0.15, -0.1) is 0 Å². The maximum Gasteiger partial charge on any atom is 0.276 e. The lowest BCUT2D eigenvalue weighted by Crippen LogP contribution is -2.45. The van der Waals surface area contributed by atoms with Crippen molar-refractivity contribution in [3.8, 4) is 11.5 Å². The van der Waals surface area contributed by atoms with E-state index < -0.39 is 16.7 Å². The maximum absolute atomic E-state index is 11.7. The molecule has 0 bridgehead atoms. The molecule has 0 heterocycles. The zero-order valence-corrected chi connectivity index (χ0v) is 14.6. The van der Waals surface area contributed by atoms with Crippen LogP contribution in [0.2, 0.25) is 0 Å². The molecule has 0 atom stereocenters.